The molecule has 0 radical (unpaired) electrons. The van der Waals surface area contributed by atoms with Crippen molar-refractivity contribution < 1.29 is 5.11 Å². The Morgan fingerprint density at radius 3 is 2.63 bits per heavy atom. The minimum Gasteiger partial charge on any atom is -0.391 e. The lowest BCUT2D eigenvalue weighted by Crippen LogP contribution is -2.57. The third-order valence-electron chi connectivity index (χ3n) is 5.07. The summed E-state index contributed by atoms with van der Waals surface area (Å²) >= 11 is 0. The summed E-state index contributed by atoms with van der Waals surface area (Å²) in [4.78, 5) is 2.65. The van der Waals surface area contributed by atoms with Gasteiger partial charge in [0.1, 0.15) is 0 Å². The van der Waals surface area contributed by atoms with Crippen molar-refractivity contribution in [3.05, 3.63) is 0 Å². The number of hydrogen-bond acceptors (Lipinski definition) is 3. The molecular weight excluding hydrogens is 236 g/mol. The van der Waals surface area contributed by atoms with Gasteiger partial charge in [0.15, 0.2) is 0 Å². The standard InChI is InChI=1S/C16H32N2O/c1-3-17-13(2)14-9-7-8-12-18(14)15-10-5-4-6-11-16(15)19/h13-17,19H,3-12H2,1-2H3. The zero-order chi connectivity index (χ0) is 13.7. The van der Waals surface area contributed by atoms with Crippen LogP contribution in [0, 0.1) is 0 Å². The molecule has 2 fully saturated rings. The number of likely N-dealkylation sites (N-methyl/N-ethyl adjacent to an activating group) is 1. The Labute approximate surface area is 118 Å². The van der Waals surface area contributed by atoms with E-state index in [2.05, 4.69) is 24.1 Å². The summed E-state index contributed by atoms with van der Waals surface area (Å²) in [5.41, 5.74) is 0. The van der Waals surface area contributed by atoms with Crippen LogP contribution in [0.15, 0.2) is 0 Å². The Morgan fingerprint density at radius 1 is 1.11 bits per heavy atom. The number of likely N-dealkylation sites (tertiary alicyclic amines) is 1. The Hall–Kier alpha value is -0.120. The summed E-state index contributed by atoms with van der Waals surface area (Å²) in [5, 5.41) is 14.1. The molecule has 0 aromatic carbocycles. The molecule has 2 N–H and O–H groups in total. The lowest BCUT2D eigenvalue weighted by molar-refractivity contribution is -0.00503. The molecule has 0 aromatic heterocycles. The molecule has 2 rings (SSSR count). The first-order valence-corrected chi connectivity index (χ1v) is 8.41. The SMILES string of the molecule is CCNC(C)C1CCCCN1C1CCCCCC1O. The predicted octanol–water partition coefficient (Wildman–Crippen LogP) is 2.53. The van der Waals surface area contributed by atoms with Crippen LogP contribution in [0.5, 0.6) is 0 Å². The van der Waals surface area contributed by atoms with Crippen molar-refractivity contribution in [2.75, 3.05) is 13.1 Å². The molecule has 1 saturated carbocycles. The molecule has 4 atom stereocenters. The Balaban J connectivity index is 2.04. The molecular formula is C16H32N2O. The lowest BCUT2D eigenvalue weighted by atomic mass is 9.91. The fourth-order valence-corrected chi connectivity index (χ4v) is 4.04. The van der Waals surface area contributed by atoms with Crippen molar-refractivity contribution >= 4 is 0 Å². The van der Waals surface area contributed by atoms with Gasteiger partial charge in [0.05, 0.1) is 6.10 Å². The fraction of sp³-hybridized carbons (Fsp3) is 1.00. The average Bonchev–Trinajstić information content (AvgIpc) is 2.64. The van der Waals surface area contributed by atoms with Crippen LogP contribution in [0.3, 0.4) is 0 Å². The minimum atomic E-state index is -0.100. The average molecular weight is 268 g/mol. The van der Waals surface area contributed by atoms with Crippen LogP contribution in [0.4, 0.5) is 0 Å². The monoisotopic (exact) mass is 268 g/mol. The Bertz CT molecular complexity index is 259. The first kappa shape index (κ1) is 15.3. The molecule has 0 spiro atoms. The molecule has 0 bridgehead atoms. The minimum absolute atomic E-state index is 0.100. The summed E-state index contributed by atoms with van der Waals surface area (Å²) in [7, 11) is 0. The summed E-state index contributed by atoms with van der Waals surface area (Å²) in [6.07, 6.45) is 9.83. The van der Waals surface area contributed by atoms with E-state index in [0.29, 0.717) is 18.1 Å². The van der Waals surface area contributed by atoms with Gasteiger partial charge in [-0.3, -0.25) is 4.90 Å². The maximum Gasteiger partial charge on any atom is 0.0695 e. The van der Waals surface area contributed by atoms with Crippen LogP contribution >= 0.6 is 0 Å². The molecule has 0 aromatic rings. The number of piperidine rings is 1. The van der Waals surface area contributed by atoms with E-state index in [9.17, 15) is 5.11 Å². The van der Waals surface area contributed by atoms with Gasteiger partial charge in [-0.05, 0) is 45.7 Å². The molecule has 112 valence electrons. The molecule has 3 heteroatoms. The summed E-state index contributed by atoms with van der Waals surface area (Å²) in [5.74, 6) is 0. The number of aliphatic hydroxyl groups excluding tert-OH is 1. The third kappa shape index (κ3) is 3.93. The van der Waals surface area contributed by atoms with Gasteiger partial charge in [0, 0.05) is 18.1 Å². The predicted molar refractivity (Wildman–Crippen MR) is 80.4 cm³/mol. The van der Waals surface area contributed by atoms with Gasteiger partial charge < -0.3 is 10.4 Å². The molecule has 4 unspecified atom stereocenters. The van der Waals surface area contributed by atoms with Crippen LogP contribution in [-0.2, 0) is 0 Å². The van der Waals surface area contributed by atoms with Crippen LogP contribution in [0.25, 0.3) is 0 Å². The van der Waals surface area contributed by atoms with Crippen molar-refractivity contribution in [1.82, 2.24) is 10.2 Å². The second-order valence-corrected chi connectivity index (χ2v) is 6.42. The first-order valence-electron chi connectivity index (χ1n) is 8.41. The maximum absolute atomic E-state index is 10.5. The van der Waals surface area contributed by atoms with Gasteiger partial charge in [0.25, 0.3) is 0 Å². The highest BCUT2D eigenvalue weighted by atomic mass is 16.3. The van der Waals surface area contributed by atoms with E-state index >= 15 is 0 Å². The molecule has 1 aliphatic heterocycles. The van der Waals surface area contributed by atoms with Crippen LogP contribution in [0.1, 0.15) is 65.2 Å². The zero-order valence-corrected chi connectivity index (χ0v) is 12.8. The van der Waals surface area contributed by atoms with E-state index in [0.717, 1.165) is 13.0 Å². The van der Waals surface area contributed by atoms with Gasteiger partial charge in [-0.15, -0.1) is 0 Å². The summed E-state index contributed by atoms with van der Waals surface area (Å²) in [6.45, 7) is 6.72. The second-order valence-electron chi connectivity index (χ2n) is 6.42. The summed E-state index contributed by atoms with van der Waals surface area (Å²) in [6, 6.07) is 1.57. The van der Waals surface area contributed by atoms with E-state index in [4.69, 9.17) is 0 Å². The molecule has 19 heavy (non-hydrogen) atoms. The number of nitrogens with one attached hydrogen (secondary N) is 1. The van der Waals surface area contributed by atoms with Crippen LogP contribution in [0.2, 0.25) is 0 Å². The Kier molecular flexibility index (Phi) is 6.11. The molecule has 1 heterocycles. The van der Waals surface area contributed by atoms with Gasteiger partial charge >= 0.3 is 0 Å². The molecule has 0 amide bonds. The number of nitrogens with zero attached hydrogens (tertiary/aromatic N) is 1. The van der Waals surface area contributed by atoms with Gasteiger partial charge in [0.2, 0.25) is 0 Å². The van der Waals surface area contributed by atoms with Crippen LogP contribution in [-0.4, -0.2) is 47.3 Å². The largest absolute Gasteiger partial charge is 0.391 e. The second kappa shape index (κ2) is 7.61. The topological polar surface area (TPSA) is 35.5 Å². The van der Waals surface area contributed by atoms with Crippen molar-refractivity contribution in [3.8, 4) is 0 Å². The van der Waals surface area contributed by atoms with E-state index < -0.39 is 0 Å². The molecule has 2 aliphatic rings. The van der Waals surface area contributed by atoms with Crippen molar-refractivity contribution in [2.45, 2.75) is 89.4 Å². The quantitative estimate of drug-likeness (QED) is 0.769. The lowest BCUT2D eigenvalue weighted by Gasteiger charge is -2.45. The first-order chi connectivity index (χ1) is 9.24. The number of aliphatic hydroxyl groups is 1. The highest BCUT2D eigenvalue weighted by molar-refractivity contribution is 4.92. The fourth-order valence-electron chi connectivity index (χ4n) is 4.04. The Morgan fingerprint density at radius 2 is 1.84 bits per heavy atom. The molecule has 1 saturated heterocycles. The van der Waals surface area contributed by atoms with E-state index in [1.165, 1.54) is 51.5 Å². The van der Waals surface area contributed by atoms with E-state index in [1.807, 2.05) is 0 Å². The third-order valence-corrected chi connectivity index (χ3v) is 5.07. The zero-order valence-electron chi connectivity index (χ0n) is 12.8. The van der Waals surface area contributed by atoms with Crippen molar-refractivity contribution in [2.24, 2.45) is 0 Å². The van der Waals surface area contributed by atoms with Crippen molar-refractivity contribution in [1.29, 1.82) is 0 Å². The molecule has 3 nitrogen and oxygen atoms in total. The van der Waals surface area contributed by atoms with E-state index in [1.54, 1.807) is 0 Å². The highest BCUT2D eigenvalue weighted by Crippen LogP contribution is 2.29. The van der Waals surface area contributed by atoms with Gasteiger partial charge in [-0.2, -0.15) is 0 Å². The normalized spacial score (nSPS) is 35.8. The highest BCUT2D eigenvalue weighted by Gasteiger charge is 2.35. The maximum atomic E-state index is 10.5. The summed E-state index contributed by atoms with van der Waals surface area (Å²) < 4.78 is 0. The molecule has 1 aliphatic carbocycles. The van der Waals surface area contributed by atoms with Gasteiger partial charge in [-0.1, -0.05) is 32.6 Å². The van der Waals surface area contributed by atoms with Crippen molar-refractivity contribution in [3.63, 3.8) is 0 Å². The van der Waals surface area contributed by atoms with E-state index in [-0.39, 0.29) is 6.10 Å². The van der Waals surface area contributed by atoms with Crippen LogP contribution < -0.4 is 5.32 Å². The number of rotatable bonds is 4. The van der Waals surface area contributed by atoms with Gasteiger partial charge in [-0.25, -0.2) is 0 Å². The number of hydrogen-bond donors (Lipinski definition) is 2. The smallest absolute Gasteiger partial charge is 0.0695 e.